The molecule has 0 aliphatic heterocycles. The molecule has 6 heterocycles. The van der Waals surface area contributed by atoms with Crippen molar-refractivity contribution in [1.82, 2.24) is 39.0 Å². The molecule has 0 saturated heterocycles. The minimum absolute atomic E-state index is 0.512. The van der Waals surface area contributed by atoms with Crippen molar-refractivity contribution in [1.29, 1.82) is 0 Å². The number of pyridine rings is 1. The van der Waals surface area contributed by atoms with Crippen LogP contribution < -0.4 is 0 Å². The van der Waals surface area contributed by atoms with Gasteiger partial charge in [0, 0.05) is 68.2 Å². The summed E-state index contributed by atoms with van der Waals surface area (Å²) in [5.74, 6) is 1.68. The molecule has 0 bridgehead atoms. The summed E-state index contributed by atoms with van der Waals surface area (Å²) in [5.41, 5.74) is 13.0. The van der Waals surface area contributed by atoms with E-state index in [1.807, 2.05) is 85.1 Å². The third kappa shape index (κ3) is 5.52. The number of nitrogens with zero attached hydrogens (tertiary/aromatic N) is 8. The van der Waals surface area contributed by atoms with Crippen LogP contribution in [0.4, 0.5) is 0 Å². The molecule has 9 heteroatoms. The highest BCUT2D eigenvalue weighted by molar-refractivity contribution is 7.26. The number of fused-ring (bicyclic) bond motifs is 11. The summed E-state index contributed by atoms with van der Waals surface area (Å²) < 4.78 is 6.64. The summed E-state index contributed by atoms with van der Waals surface area (Å²) in [6.07, 6.45) is 11.4. The number of hydrogen-bond donors (Lipinski definition) is 0. The molecule has 0 N–H and O–H groups in total. The minimum Gasteiger partial charge on any atom is -0.313 e. The number of allylic oxidation sites excluding steroid dienone is 2. The maximum atomic E-state index is 5.28. The van der Waals surface area contributed by atoms with Gasteiger partial charge in [0.1, 0.15) is 5.52 Å². The molecule has 0 spiro atoms. The number of hydrogen-bond acceptors (Lipinski definition) is 7. The molecular weight excluding hydrogens is 781 g/mol. The zero-order valence-electron chi connectivity index (χ0n) is 33.4. The summed E-state index contributed by atoms with van der Waals surface area (Å²) in [6.45, 7) is 6.15. The topological polar surface area (TPSA) is 87.2 Å². The second-order valence-electron chi connectivity index (χ2n) is 15.2. The zero-order valence-corrected chi connectivity index (χ0v) is 34.3. The van der Waals surface area contributed by atoms with Crippen molar-refractivity contribution in [3.63, 3.8) is 0 Å². The Bertz CT molecular complexity index is 3710. The lowest BCUT2D eigenvalue weighted by molar-refractivity contribution is 0.955. The number of aromatic nitrogens is 8. The molecular formula is C53H34N8S. The summed E-state index contributed by atoms with van der Waals surface area (Å²) in [4.78, 5) is 30.6. The Kier molecular flexibility index (Phi) is 8.23. The second-order valence-corrected chi connectivity index (χ2v) is 16.3. The van der Waals surface area contributed by atoms with E-state index in [-0.39, 0.29) is 0 Å². The fourth-order valence-corrected chi connectivity index (χ4v) is 10.2. The lowest BCUT2D eigenvalue weighted by Crippen LogP contribution is -2.06. The van der Waals surface area contributed by atoms with Crippen LogP contribution >= 0.6 is 11.3 Å². The van der Waals surface area contributed by atoms with E-state index in [2.05, 4.69) is 102 Å². The monoisotopic (exact) mass is 814 g/mol. The molecule has 0 aliphatic rings. The van der Waals surface area contributed by atoms with Gasteiger partial charge >= 0.3 is 0 Å². The number of thiophene rings is 1. The summed E-state index contributed by atoms with van der Waals surface area (Å²) in [7, 11) is 0. The number of rotatable bonds is 7. The van der Waals surface area contributed by atoms with E-state index < -0.39 is 0 Å². The van der Waals surface area contributed by atoms with Gasteiger partial charge in [0.2, 0.25) is 5.95 Å². The van der Waals surface area contributed by atoms with Crippen LogP contribution in [0.1, 0.15) is 11.3 Å². The molecule has 0 fully saturated rings. The predicted octanol–water partition coefficient (Wildman–Crippen LogP) is 13.1. The molecule has 0 atom stereocenters. The van der Waals surface area contributed by atoms with Crippen LogP contribution in [0.2, 0.25) is 0 Å². The van der Waals surface area contributed by atoms with Gasteiger partial charge in [-0.25, -0.2) is 4.98 Å². The standard InChI is InChI=1S/C53H34N8S/c1-3-4-21-38-32(2)60(37-19-12-7-13-20-37)41-25-23-35(30-39(38)41)36-24-26-42-40(31-36)44-47-48(56-29-28-55-47)45-46-43(22-14-27-54-46)62-50(45)49(44)61(42)53-58-51(33-15-8-5-9-16-33)57-52(59-53)34-17-10-6-11-18-34/h3-31H,1H2,2H3/b21-4-. The fourth-order valence-electron chi connectivity index (χ4n) is 8.96. The smallest absolute Gasteiger partial charge is 0.238 e. The third-order valence-corrected chi connectivity index (χ3v) is 12.8. The Hall–Kier alpha value is -8.14. The highest BCUT2D eigenvalue weighted by atomic mass is 32.1. The highest BCUT2D eigenvalue weighted by Gasteiger charge is 2.26. The van der Waals surface area contributed by atoms with Gasteiger partial charge in [-0.1, -0.05) is 116 Å². The lowest BCUT2D eigenvalue weighted by Gasteiger charge is -2.12. The molecule has 0 radical (unpaired) electrons. The quantitative estimate of drug-likeness (QED) is 0.149. The molecule has 12 rings (SSSR count). The van der Waals surface area contributed by atoms with E-state index in [0.717, 1.165) is 103 Å². The van der Waals surface area contributed by atoms with Gasteiger partial charge in [-0.3, -0.25) is 19.5 Å². The average molecular weight is 815 g/mol. The SMILES string of the molecule is C=C/C=C\c1c(C)n(-c2ccccc2)c2ccc(-c3ccc4c(c3)c3c5nccnc5c5c6ncccc6sc5c3n4-c3nc(-c4ccccc4)nc(-c4ccccc4)n3)cc12. The van der Waals surface area contributed by atoms with Crippen LogP contribution in [0.3, 0.4) is 0 Å². The molecule has 0 unspecified atom stereocenters. The molecule has 6 aromatic carbocycles. The normalized spacial score (nSPS) is 12.0. The predicted molar refractivity (Wildman–Crippen MR) is 255 cm³/mol. The largest absolute Gasteiger partial charge is 0.313 e. The molecule has 0 aliphatic carbocycles. The van der Waals surface area contributed by atoms with Crippen LogP contribution in [0.5, 0.6) is 0 Å². The first-order chi connectivity index (χ1) is 30.6. The van der Waals surface area contributed by atoms with Gasteiger partial charge in [0.05, 0.1) is 37.0 Å². The molecule has 0 saturated carbocycles. The van der Waals surface area contributed by atoms with Crippen LogP contribution in [0.15, 0.2) is 177 Å². The van der Waals surface area contributed by atoms with Gasteiger partial charge in [-0.2, -0.15) is 9.97 Å². The van der Waals surface area contributed by atoms with E-state index >= 15 is 0 Å². The maximum absolute atomic E-state index is 5.28. The van der Waals surface area contributed by atoms with Crippen molar-refractivity contribution in [3.8, 4) is 45.5 Å². The minimum atomic E-state index is 0.512. The number of benzene rings is 6. The van der Waals surface area contributed by atoms with Crippen molar-refractivity contribution in [2.75, 3.05) is 0 Å². The van der Waals surface area contributed by atoms with E-state index in [4.69, 9.17) is 29.9 Å². The number of para-hydroxylation sites is 1. The van der Waals surface area contributed by atoms with Crippen LogP contribution in [-0.2, 0) is 0 Å². The highest BCUT2D eigenvalue weighted by Crippen LogP contribution is 2.47. The van der Waals surface area contributed by atoms with Crippen molar-refractivity contribution in [2.45, 2.75) is 6.92 Å². The van der Waals surface area contributed by atoms with E-state index in [1.165, 1.54) is 0 Å². The summed E-state index contributed by atoms with van der Waals surface area (Å²) >= 11 is 1.70. The lowest BCUT2D eigenvalue weighted by atomic mass is 9.99. The van der Waals surface area contributed by atoms with Crippen molar-refractivity contribution < 1.29 is 0 Å². The Morgan fingerprint density at radius 1 is 0.548 bits per heavy atom. The summed E-state index contributed by atoms with van der Waals surface area (Å²) in [6, 6.07) is 48.3. The Morgan fingerprint density at radius 3 is 1.81 bits per heavy atom. The molecule has 6 aromatic heterocycles. The Labute approximate surface area is 359 Å². The molecule has 292 valence electrons. The first kappa shape index (κ1) is 35.8. The van der Waals surface area contributed by atoms with Gasteiger partial charge in [0.15, 0.2) is 11.6 Å². The molecule has 0 amide bonds. The van der Waals surface area contributed by atoms with Crippen LogP contribution in [0.25, 0.3) is 116 Å². The van der Waals surface area contributed by atoms with Crippen molar-refractivity contribution >= 4 is 81.5 Å². The van der Waals surface area contributed by atoms with Crippen molar-refractivity contribution in [2.24, 2.45) is 0 Å². The molecule has 12 aromatic rings. The first-order valence-corrected chi connectivity index (χ1v) is 21.2. The first-order valence-electron chi connectivity index (χ1n) is 20.4. The average Bonchev–Trinajstić information content (AvgIpc) is 3.98. The van der Waals surface area contributed by atoms with E-state index in [9.17, 15) is 0 Å². The van der Waals surface area contributed by atoms with E-state index in [0.29, 0.717) is 17.6 Å². The third-order valence-electron chi connectivity index (χ3n) is 11.7. The van der Waals surface area contributed by atoms with E-state index in [1.54, 1.807) is 23.7 Å². The van der Waals surface area contributed by atoms with Gasteiger partial charge in [0.25, 0.3) is 0 Å². The molecule has 8 nitrogen and oxygen atoms in total. The zero-order chi connectivity index (χ0) is 41.3. The fraction of sp³-hybridized carbons (Fsp3) is 0.0189. The molecule has 62 heavy (non-hydrogen) atoms. The van der Waals surface area contributed by atoms with Gasteiger partial charge < -0.3 is 4.57 Å². The van der Waals surface area contributed by atoms with Crippen LogP contribution in [-0.4, -0.2) is 39.0 Å². The van der Waals surface area contributed by atoms with Gasteiger partial charge in [-0.15, -0.1) is 11.3 Å². The summed E-state index contributed by atoms with van der Waals surface area (Å²) in [5, 5.41) is 4.12. The Balaban J connectivity index is 1.19. The van der Waals surface area contributed by atoms with Gasteiger partial charge in [-0.05, 0) is 66.6 Å². The maximum Gasteiger partial charge on any atom is 0.238 e. The second kappa shape index (κ2) is 14.3. The Morgan fingerprint density at radius 2 is 1.15 bits per heavy atom. The van der Waals surface area contributed by atoms with Crippen LogP contribution in [0, 0.1) is 6.92 Å². The van der Waals surface area contributed by atoms with Crippen molar-refractivity contribution in [3.05, 3.63) is 188 Å².